The molecule has 0 atom stereocenters. The summed E-state index contributed by atoms with van der Waals surface area (Å²) in [5.41, 5.74) is 14.2. The minimum atomic E-state index is 0.661. The van der Waals surface area contributed by atoms with Crippen LogP contribution in [-0.4, -0.2) is 24.9 Å². The van der Waals surface area contributed by atoms with Crippen molar-refractivity contribution < 1.29 is 0 Å². The SMILES string of the molecule is c1ccc(-c2nccc(-c3ccccc3-c3cccc(-c4ccc5c6ccccc6c6ccccc6c5c4)c3)n2)cc1.c1ccc(-c2ncnc(-c3ccccc3-c3cccc(-c4ccc5c6ccccc6c6ccccc6c5c4)c3)n2)cc1. The lowest BCUT2D eigenvalue weighted by atomic mass is 9.91. The molecule has 0 amide bonds. The third-order valence-corrected chi connectivity index (χ3v) is 16.2. The first-order valence-electron chi connectivity index (χ1n) is 28.4. The molecule has 84 heavy (non-hydrogen) atoms. The molecule has 0 saturated carbocycles. The lowest BCUT2D eigenvalue weighted by molar-refractivity contribution is 1.07. The Labute approximate surface area is 486 Å². The number of nitrogens with zero attached hydrogens (tertiary/aromatic N) is 5. The van der Waals surface area contributed by atoms with E-state index in [0.717, 1.165) is 56.0 Å². The van der Waals surface area contributed by atoms with Gasteiger partial charge in [0.2, 0.25) is 0 Å². The van der Waals surface area contributed by atoms with Gasteiger partial charge >= 0.3 is 0 Å². The van der Waals surface area contributed by atoms with Gasteiger partial charge in [0, 0.05) is 28.5 Å². The zero-order valence-electron chi connectivity index (χ0n) is 45.7. The van der Waals surface area contributed by atoms with Crippen LogP contribution in [-0.2, 0) is 0 Å². The van der Waals surface area contributed by atoms with E-state index >= 15 is 0 Å². The van der Waals surface area contributed by atoms with Crippen molar-refractivity contribution in [2.45, 2.75) is 0 Å². The molecule has 392 valence electrons. The van der Waals surface area contributed by atoms with Crippen LogP contribution in [0.1, 0.15) is 0 Å². The van der Waals surface area contributed by atoms with E-state index in [1.807, 2.05) is 79.0 Å². The van der Waals surface area contributed by atoms with Crippen LogP contribution in [0.2, 0.25) is 0 Å². The highest BCUT2D eigenvalue weighted by Crippen LogP contribution is 2.41. The van der Waals surface area contributed by atoms with Crippen LogP contribution in [0.15, 0.2) is 310 Å². The summed E-state index contributed by atoms with van der Waals surface area (Å²) in [6, 6.07) is 105. The third-order valence-electron chi connectivity index (χ3n) is 16.2. The Hall–Kier alpha value is -11.3. The van der Waals surface area contributed by atoms with Crippen molar-refractivity contribution in [3.05, 3.63) is 310 Å². The first-order chi connectivity index (χ1) is 41.7. The topological polar surface area (TPSA) is 64.5 Å². The fourth-order valence-electron chi connectivity index (χ4n) is 12.2. The minimum Gasteiger partial charge on any atom is -0.237 e. The molecular weight excluding hydrogens is 1020 g/mol. The van der Waals surface area contributed by atoms with Crippen LogP contribution in [0.5, 0.6) is 0 Å². The molecular formula is C79H51N5. The van der Waals surface area contributed by atoms with Crippen molar-refractivity contribution in [2.24, 2.45) is 0 Å². The van der Waals surface area contributed by atoms with Gasteiger partial charge in [-0.15, -0.1) is 0 Å². The van der Waals surface area contributed by atoms with Gasteiger partial charge in [0.05, 0.1) is 5.69 Å². The van der Waals surface area contributed by atoms with Gasteiger partial charge in [-0.25, -0.2) is 24.9 Å². The zero-order valence-corrected chi connectivity index (χ0v) is 45.7. The van der Waals surface area contributed by atoms with Crippen molar-refractivity contribution in [3.63, 3.8) is 0 Å². The van der Waals surface area contributed by atoms with E-state index in [0.29, 0.717) is 11.6 Å². The van der Waals surface area contributed by atoms with Crippen molar-refractivity contribution in [1.82, 2.24) is 24.9 Å². The zero-order chi connectivity index (χ0) is 55.8. The van der Waals surface area contributed by atoms with E-state index in [1.54, 1.807) is 6.33 Å². The smallest absolute Gasteiger partial charge is 0.163 e. The van der Waals surface area contributed by atoms with Gasteiger partial charge in [-0.05, 0) is 139 Å². The molecule has 2 aromatic heterocycles. The van der Waals surface area contributed by atoms with E-state index in [2.05, 4.69) is 239 Å². The first kappa shape index (κ1) is 49.7. The summed E-state index contributed by atoms with van der Waals surface area (Å²) >= 11 is 0. The van der Waals surface area contributed by atoms with Gasteiger partial charge in [-0.1, -0.05) is 267 Å². The Morgan fingerprint density at radius 3 is 0.988 bits per heavy atom. The summed E-state index contributed by atoms with van der Waals surface area (Å²) in [5.74, 6) is 2.06. The monoisotopic (exact) mass is 1070 g/mol. The average molecular weight is 1070 g/mol. The second-order valence-electron chi connectivity index (χ2n) is 21.1. The average Bonchev–Trinajstić information content (AvgIpc) is 1.58. The molecule has 16 rings (SSSR count). The van der Waals surface area contributed by atoms with E-state index < -0.39 is 0 Å². The summed E-state index contributed by atoms with van der Waals surface area (Å²) in [4.78, 5) is 23.4. The normalized spacial score (nSPS) is 11.3. The summed E-state index contributed by atoms with van der Waals surface area (Å²) in [5, 5.41) is 15.4. The molecule has 0 unspecified atom stereocenters. The van der Waals surface area contributed by atoms with Gasteiger partial charge in [-0.2, -0.15) is 0 Å². The second-order valence-corrected chi connectivity index (χ2v) is 21.1. The van der Waals surface area contributed by atoms with Crippen molar-refractivity contribution in [1.29, 1.82) is 0 Å². The highest BCUT2D eigenvalue weighted by atomic mass is 15.0. The van der Waals surface area contributed by atoms with Gasteiger partial charge in [-0.3, -0.25) is 0 Å². The molecule has 0 spiro atoms. The van der Waals surface area contributed by atoms with Crippen LogP contribution < -0.4 is 0 Å². The Kier molecular flexibility index (Phi) is 12.8. The van der Waals surface area contributed by atoms with Crippen LogP contribution in [0.4, 0.5) is 0 Å². The molecule has 5 nitrogen and oxygen atoms in total. The number of hydrogen-bond donors (Lipinski definition) is 0. The maximum atomic E-state index is 4.96. The van der Waals surface area contributed by atoms with Crippen molar-refractivity contribution in [2.75, 3.05) is 0 Å². The molecule has 0 N–H and O–H groups in total. The predicted octanol–water partition coefficient (Wildman–Crippen LogP) is 20.6. The highest BCUT2D eigenvalue weighted by Gasteiger charge is 2.17. The highest BCUT2D eigenvalue weighted by molar-refractivity contribution is 6.27. The quantitative estimate of drug-likeness (QED) is 0.142. The Bertz CT molecular complexity index is 4760. The molecule has 2 heterocycles. The van der Waals surface area contributed by atoms with Gasteiger partial charge < -0.3 is 0 Å². The Morgan fingerprint density at radius 1 is 0.179 bits per heavy atom. The van der Waals surface area contributed by atoms with Crippen LogP contribution in [0.3, 0.4) is 0 Å². The molecule has 0 aliphatic carbocycles. The molecule has 0 aliphatic heterocycles. The van der Waals surface area contributed by atoms with Crippen LogP contribution in [0.25, 0.3) is 155 Å². The van der Waals surface area contributed by atoms with Crippen molar-refractivity contribution in [3.8, 4) is 89.9 Å². The van der Waals surface area contributed by atoms with Gasteiger partial charge in [0.25, 0.3) is 0 Å². The number of aromatic nitrogens is 5. The summed E-state index contributed by atoms with van der Waals surface area (Å²) in [7, 11) is 0. The molecule has 0 fully saturated rings. The number of hydrogen-bond acceptors (Lipinski definition) is 5. The van der Waals surface area contributed by atoms with E-state index in [9.17, 15) is 0 Å². The predicted molar refractivity (Wildman–Crippen MR) is 350 cm³/mol. The van der Waals surface area contributed by atoms with E-state index in [-0.39, 0.29) is 0 Å². The Balaban J connectivity index is 0.000000143. The number of benzene rings is 14. The fourth-order valence-corrected chi connectivity index (χ4v) is 12.2. The van der Waals surface area contributed by atoms with Gasteiger partial charge in [0.1, 0.15) is 6.33 Å². The molecule has 5 heteroatoms. The molecule has 0 aliphatic rings. The Morgan fingerprint density at radius 2 is 0.512 bits per heavy atom. The molecule has 0 radical (unpaired) electrons. The molecule has 0 saturated heterocycles. The lowest BCUT2D eigenvalue weighted by Gasteiger charge is -2.14. The second kappa shape index (κ2) is 21.7. The third kappa shape index (κ3) is 9.26. The first-order valence-corrected chi connectivity index (χ1v) is 28.4. The van der Waals surface area contributed by atoms with E-state index in [1.165, 1.54) is 86.9 Å². The van der Waals surface area contributed by atoms with Gasteiger partial charge in [0.15, 0.2) is 17.5 Å². The summed E-state index contributed by atoms with van der Waals surface area (Å²) in [6.45, 7) is 0. The lowest BCUT2D eigenvalue weighted by Crippen LogP contribution is -1.96. The number of rotatable bonds is 8. The van der Waals surface area contributed by atoms with Crippen LogP contribution in [0, 0.1) is 0 Å². The maximum Gasteiger partial charge on any atom is 0.163 e. The maximum absolute atomic E-state index is 4.96. The van der Waals surface area contributed by atoms with Crippen LogP contribution >= 0.6 is 0 Å². The summed E-state index contributed by atoms with van der Waals surface area (Å²) in [6.07, 6.45) is 3.45. The van der Waals surface area contributed by atoms with Crippen molar-refractivity contribution >= 4 is 64.6 Å². The molecule has 0 bridgehead atoms. The fraction of sp³-hybridized carbons (Fsp3) is 0. The summed E-state index contributed by atoms with van der Waals surface area (Å²) < 4.78 is 0. The molecule has 16 aromatic rings. The molecule has 14 aromatic carbocycles. The largest absolute Gasteiger partial charge is 0.237 e. The number of fused-ring (bicyclic) bond motifs is 12. The standard InChI is InChI=1S/C40H26N2.C39H25N3/c1-2-11-27(12-3-1)40-41-24-23-39(42-40)37-20-9-4-15-31(37)30-14-10-13-28(25-30)29-21-22-36-34-18-6-5-16-32(34)33-17-7-8-19-35(33)38(36)26-29;1-2-11-26(12-3-1)38-40-25-41-39(42-38)36-20-9-4-15-30(36)29-14-10-13-27(23-29)28-21-22-35-33-18-6-5-16-31(33)32-17-7-8-19-34(32)37(35)24-28/h1-26H;1-25H. The van der Waals surface area contributed by atoms with E-state index in [4.69, 9.17) is 9.97 Å². The minimum absolute atomic E-state index is 0.661.